The predicted molar refractivity (Wildman–Crippen MR) is 74.5 cm³/mol. The highest BCUT2D eigenvalue weighted by atomic mass is 79.9. The van der Waals surface area contributed by atoms with E-state index in [0.717, 1.165) is 15.7 Å². The van der Waals surface area contributed by atoms with Crippen LogP contribution in [0.1, 0.15) is 5.56 Å². The number of halogens is 3. The van der Waals surface area contributed by atoms with E-state index >= 15 is 0 Å². The number of hydrogen-bond donors (Lipinski definition) is 1. The molecular weight excluding hydrogens is 316 g/mol. The largest absolute Gasteiger partial charge is 0.435 e. The highest BCUT2D eigenvalue weighted by Gasteiger charge is 2.04. The van der Waals surface area contributed by atoms with Crippen molar-refractivity contribution in [1.82, 2.24) is 0 Å². The zero-order valence-corrected chi connectivity index (χ0v) is 11.5. The van der Waals surface area contributed by atoms with Crippen LogP contribution in [0.2, 0.25) is 0 Å². The maximum atomic E-state index is 12.0. The van der Waals surface area contributed by atoms with Crippen LogP contribution in [-0.4, -0.2) is 6.61 Å². The number of nitrogens with one attached hydrogen (secondary N) is 1. The Morgan fingerprint density at radius 2 is 1.74 bits per heavy atom. The molecule has 0 spiro atoms. The van der Waals surface area contributed by atoms with Gasteiger partial charge in [0, 0.05) is 16.7 Å². The Labute approximate surface area is 118 Å². The van der Waals surface area contributed by atoms with Gasteiger partial charge >= 0.3 is 6.61 Å². The molecule has 0 fully saturated rings. The van der Waals surface area contributed by atoms with Gasteiger partial charge in [-0.25, -0.2) is 0 Å². The normalized spacial score (nSPS) is 10.5. The Hall–Kier alpha value is -1.62. The summed E-state index contributed by atoms with van der Waals surface area (Å²) >= 11 is 3.44. The molecule has 2 aromatic rings. The molecular formula is C14H12BrF2NO. The molecule has 0 aliphatic heterocycles. The van der Waals surface area contributed by atoms with Crippen LogP contribution in [0.15, 0.2) is 53.0 Å². The monoisotopic (exact) mass is 327 g/mol. The third-order valence-corrected chi connectivity index (χ3v) is 3.20. The quantitative estimate of drug-likeness (QED) is 0.862. The van der Waals surface area contributed by atoms with Gasteiger partial charge < -0.3 is 10.1 Å². The lowest BCUT2D eigenvalue weighted by Crippen LogP contribution is -2.03. The maximum absolute atomic E-state index is 12.0. The van der Waals surface area contributed by atoms with Crippen molar-refractivity contribution in [3.8, 4) is 5.75 Å². The molecule has 0 saturated heterocycles. The van der Waals surface area contributed by atoms with Gasteiger partial charge in [0.15, 0.2) is 0 Å². The summed E-state index contributed by atoms with van der Waals surface area (Å²) in [7, 11) is 0. The second-order valence-electron chi connectivity index (χ2n) is 3.86. The van der Waals surface area contributed by atoms with Crippen molar-refractivity contribution < 1.29 is 13.5 Å². The highest BCUT2D eigenvalue weighted by Crippen LogP contribution is 2.22. The lowest BCUT2D eigenvalue weighted by molar-refractivity contribution is -0.0498. The Morgan fingerprint density at radius 1 is 1.05 bits per heavy atom. The first-order valence-corrected chi connectivity index (χ1v) is 6.46. The van der Waals surface area contributed by atoms with Crippen molar-refractivity contribution >= 4 is 21.6 Å². The number of ether oxygens (including phenoxy) is 1. The second-order valence-corrected chi connectivity index (χ2v) is 4.71. The van der Waals surface area contributed by atoms with Gasteiger partial charge in [0.2, 0.25) is 0 Å². The van der Waals surface area contributed by atoms with Crippen molar-refractivity contribution in [2.24, 2.45) is 0 Å². The smallest absolute Gasteiger partial charge is 0.387 e. The number of anilines is 1. The lowest BCUT2D eigenvalue weighted by Gasteiger charge is -2.09. The van der Waals surface area contributed by atoms with Crippen LogP contribution in [0.5, 0.6) is 5.75 Å². The van der Waals surface area contributed by atoms with E-state index in [0.29, 0.717) is 6.54 Å². The van der Waals surface area contributed by atoms with Crippen LogP contribution < -0.4 is 10.1 Å². The number of benzene rings is 2. The Bertz CT molecular complexity index is 531. The van der Waals surface area contributed by atoms with Crippen LogP contribution >= 0.6 is 15.9 Å². The topological polar surface area (TPSA) is 21.3 Å². The van der Waals surface area contributed by atoms with E-state index in [-0.39, 0.29) is 5.75 Å². The molecule has 0 radical (unpaired) electrons. The zero-order chi connectivity index (χ0) is 13.7. The Morgan fingerprint density at radius 3 is 2.37 bits per heavy atom. The SMILES string of the molecule is FC(F)Oc1ccc(CNc2ccccc2Br)cc1. The summed E-state index contributed by atoms with van der Waals surface area (Å²) in [6, 6.07) is 14.3. The van der Waals surface area contributed by atoms with E-state index in [9.17, 15) is 8.78 Å². The van der Waals surface area contributed by atoms with Gasteiger partial charge in [-0.2, -0.15) is 8.78 Å². The molecule has 0 saturated carbocycles. The minimum atomic E-state index is -2.79. The maximum Gasteiger partial charge on any atom is 0.387 e. The van der Waals surface area contributed by atoms with Crippen molar-refractivity contribution in [1.29, 1.82) is 0 Å². The van der Waals surface area contributed by atoms with E-state index in [1.54, 1.807) is 12.1 Å². The van der Waals surface area contributed by atoms with E-state index < -0.39 is 6.61 Å². The molecule has 0 heterocycles. The van der Waals surface area contributed by atoms with Crippen LogP contribution in [0.25, 0.3) is 0 Å². The van der Waals surface area contributed by atoms with Gasteiger partial charge in [0.25, 0.3) is 0 Å². The Balaban J connectivity index is 1.95. The summed E-state index contributed by atoms with van der Waals surface area (Å²) in [6.45, 7) is -2.18. The minimum Gasteiger partial charge on any atom is -0.435 e. The fourth-order valence-electron chi connectivity index (χ4n) is 1.59. The molecule has 2 rings (SSSR count). The van der Waals surface area contributed by atoms with Crippen LogP contribution in [-0.2, 0) is 6.54 Å². The number of hydrogen-bond acceptors (Lipinski definition) is 2. The molecule has 1 N–H and O–H groups in total. The molecule has 0 amide bonds. The first-order chi connectivity index (χ1) is 9.15. The fraction of sp³-hybridized carbons (Fsp3) is 0.143. The molecule has 0 unspecified atom stereocenters. The van der Waals surface area contributed by atoms with E-state index in [1.165, 1.54) is 12.1 Å². The molecule has 19 heavy (non-hydrogen) atoms. The van der Waals surface area contributed by atoms with Gasteiger partial charge in [-0.05, 0) is 45.8 Å². The predicted octanol–water partition coefficient (Wildman–Crippen LogP) is 4.66. The summed E-state index contributed by atoms with van der Waals surface area (Å²) in [6.07, 6.45) is 0. The van der Waals surface area contributed by atoms with Crippen molar-refractivity contribution in [2.75, 3.05) is 5.32 Å². The van der Waals surface area contributed by atoms with Gasteiger partial charge in [0.05, 0.1) is 0 Å². The fourth-order valence-corrected chi connectivity index (χ4v) is 2.02. The summed E-state index contributed by atoms with van der Waals surface area (Å²) in [4.78, 5) is 0. The van der Waals surface area contributed by atoms with E-state index in [1.807, 2.05) is 24.3 Å². The summed E-state index contributed by atoms with van der Waals surface area (Å²) in [5.41, 5.74) is 1.97. The van der Waals surface area contributed by atoms with Gasteiger partial charge in [-0.3, -0.25) is 0 Å². The van der Waals surface area contributed by atoms with Crippen LogP contribution in [0.4, 0.5) is 14.5 Å². The van der Waals surface area contributed by atoms with Gasteiger partial charge in [-0.1, -0.05) is 24.3 Å². The summed E-state index contributed by atoms with van der Waals surface area (Å²) in [5.74, 6) is 0.166. The Kier molecular flexibility index (Phi) is 4.74. The van der Waals surface area contributed by atoms with Crippen LogP contribution in [0, 0.1) is 0 Å². The second kappa shape index (κ2) is 6.52. The summed E-state index contributed by atoms with van der Waals surface area (Å²) < 4.78 is 29.3. The van der Waals surface area contributed by atoms with E-state index in [2.05, 4.69) is 26.0 Å². The highest BCUT2D eigenvalue weighted by molar-refractivity contribution is 9.10. The van der Waals surface area contributed by atoms with Crippen molar-refractivity contribution in [2.45, 2.75) is 13.2 Å². The lowest BCUT2D eigenvalue weighted by atomic mass is 10.2. The zero-order valence-electron chi connectivity index (χ0n) is 9.95. The minimum absolute atomic E-state index is 0.166. The molecule has 0 bridgehead atoms. The molecule has 2 aromatic carbocycles. The third-order valence-electron chi connectivity index (χ3n) is 2.51. The van der Waals surface area contributed by atoms with E-state index in [4.69, 9.17) is 0 Å². The third kappa shape index (κ3) is 4.21. The average Bonchev–Trinajstić information content (AvgIpc) is 2.39. The van der Waals surface area contributed by atoms with Crippen molar-refractivity contribution in [3.05, 3.63) is 58.6 Å². The molecule has 100 valence electrons. The molecule has 0 aliphatic carbocycles. The molecule has 0 aliphatic rings. The molecule has 5 heteroatoms. The molecule has 0 atom stereocenters. The molecule has 0 aromatic heterocycles. The molecule has 2 nitrogen and oxygen atoms in total. The standard InChI is InChI=1S/C14H12BrF2NO/c15-12-3-1-2-4-13(12)18-9-10-5-7-11(8-6-10)19-14(16)17/h1-8,14,18H,9H2. The van der Waals surface area contributed by atoms with Crippen LogP contribution in [0.3, 0.4) is 0 Å². The summed E-state index contributed by atoms with van der Waals surface area (Å²) in [5, 5.41) is 3.25. The van der Waals surface area contributed by atoms with Gasteiger partial charge in [0.1, 0.15) is 5.75 Å². The number of para-hydroxylation sites is 1. The number of alkyl halides is 2. The first-order valence-electron chi connectivity index (χ1n) is 5.67. The number of rotatable bonds is 5. The first kappa shape index (κ1) is 13.8. The van der Waals surface area contributed by atoms with Gasteiger partial charge in [-0.15, -0.1) is 0 Å². The van der Waals surface area contributed by atoms with Crippen molar-refractivity contribution in [3.63, 3.8) is 0 Å². The average molecular weight is 328 g/mol.